The van der Waals surface area contributed by atoms with Gasteiger partial charge in [-0.2, -0.15) is 5.10 Å². The van der Waals surface area contributed by atoms with Gasteiger partial charge in [-0.05, 0) is 56.0 Å². The number of hydrogen-bond acceptors (Lipinski definition) is 5. The fourth-order valence-electron chi connectivity index (χ4n) is 5.25. The highest BCUT2D eigenvalue weighted by atomic mass is 19.1. The molecule has 0 aliphatic carbocycles. The number of benzene rings is 2. The van der Waals surface area contributed by atoms with Gasteiger partial charge in [0.15, 0.2) is 11.6 Å². The van der Waals surface area contributed by atoms with Crippen molar-refractivity contribution in [3.63, 3.8) is 0 Å². The number of carbonyl (C=O) groups excluding carboxylic acids is 1. The second-order valence-corrected chi connectivity index (χ2v) is 9.17. The first-order chi connectivity index (χ1) is 16.5. The van der Waals surface area contributed by atoms with E-state index in [4.69, 9.17) is 9.47 Å². The maximum absolute atomic E-state index is 13.9. The Kier molecular flexibility index (Phi) is 6.41. The summed E-state index contributed by atoms with van der Waals surface area (Å²) in [6.07, 6.45) is 3.76. The zero-order valence-electron chi connectivity index (χ0n) is 19.7. The van der Waals surface area contributed by atoms with E-state index >= 15 is 0 Å². The van der Waals surface area contributed by atoms with Gasteiger partial charge in [0.1, 0.15) is 6.10 Å². The maximum Gasteiger partial charge on any atom is 0.253 e. The Labute approximate surface area is 199 Å². The number of aryl methyl sites for hydroxylation is 1. The minimum Gasteiger partial charge on any atom is -0.487 e. The molecule has 5 rings (SSSR count). The molecule has 8 heteroatoms. The van der Waals surface area contributed by atoms with Crippen LogP contribution in [0.15, 0.2) is 42.5 Å². The number of likely N-dealkylation sites (tertiary alicyclic amines) is 2. The summed E-state index contributed by atoms with van der Waals surface area (Å²) in [5.41, 5.74) is 1.43. The molecule has 2 aliphatic heterocycles. The van der Waals surface area contributed by atoms with E-state index in [2.05, 4.69) is 10.00 Å². The van der Waals surface area contributed by atoms with Crippen LogP contribution in [0.3, 0.4) is 0 Å². The molecule has 3 aromatic rings. The zero-order chi connectivity index (χ0) is 23.7. The van der Waals surface area contributed by atoms with Crippen molar-refractivity contribution in [2.45, 2.75) is 37.8 Å². The van der Waals surface area contributed by atoms with E-state index in [-0.39, 0.29) is 17.8 Å². The number of amides is 1. The SMILES string of the molecule is COc1c2ccc(C(=O)N3CCC(N4CCC(Oc5ccccc5F)CC4)CC3)cc2nn1C. The smallest absolute Gasteiger partial charge is 0.253 e. The van der Waals surface area contributed by atoms with Crippen LogP contribution >= 0.6 is 0 Å². The maximum atomic E-state index is 13.9. The van der Waals surface area contributed by atoms with Crippen molar-refractivity contribution in [3.05, 3.63) is 53.8 Å². The topological polar surface area (TPSA) is 59.8 Å². The molecular formula is C26H31FN4O3. The molecular weight excluding hydrogens is 435 g/mol. The number of methoxy groups -OCH3 is 1. The van der Waals surface area contributed by atoms with E-state index in [0.717, 1.165) is 62.8 Å². The van der Waals surface area contributed by atoms with Crippen LogP contribution in [0, 0.1) is 5.82 Å². The minimum absolute atomic E-state index is 0.0509. The first-order valence-electron chi connectivity index (χ1n) is 12.0. The molecule has 2 aromatic carbocycles. The fourth-order valence-corrected chi connectivity index (χ4v) is 5.25. The molecule has 0 N–H and O–H groups in total. The first-order valence-corrected chi connectivity index (χ1v) is 12.0. The van der Waals surface area contributed by atoms with Gasteiger partial charge in [-0.1, -0.05) is 12.1 Å². The number of halogens is 1. The lowest BCUT2D eigenvalue weighted by molar-refractivity contribution is 0.0416. The second kappa shape index (κ2) is 9.62. The van der Waals surface area contributed by atoms with Crippen LogP contribution in [0.4, 0.5) is 4.39 Å². The Morgan fingerprint density at radius 3 is 2.47 bits per heavy atom. The highest BCUT2D eigenvalue weighted by molar-refractivity contribution is 5.98. The van der Waals surface area contributed by atoms with Gasteiger partial charge >= 0.3 is 0 Å². The highest BCUT2D eigenvalue weighted by Crippen LogP contribution is 2.28. The van der Waals surface area contributed by atoms with E-state index in [1.54, 1.807) is 30.0 Å². The van der Waals surface area contributed by atoms with Gasteiger partial charge in [0.25, 0.3) is 5.91 Å². The molecule has 0 unspecified atom stereocenters. The number of nitrogens with zero attached hydrogens (tertiary/aromatic N) is 4. The van der Waals surface area contributed by atoms with Gasteiger partial charge in [-0.15, -0.1) is 0 Å². The molecule has 3 heterocycles. The van der Waals surface area contributed by atoms with Crippen LogP contribution in [-0.4, -0.2) is 70.9 Å². The summed E-state index contributed by atoms with van der Waals surface area (Å²) in [4.78, 5) is 17.6. The van der Waals surface area contributed by atoms with E-state index in [1.807, 2.05) is 30.1 Å². The number of carbonyl (C=O) groups is 1. The number of ether oxygens (including phenoxy) is 2. The lowest BCUT2D eigenvalue weighted by Crippen LogP contribution is -2.50. The van der Waals surface area contributed by atoms with E-state index in [9.17, 15) is 9.18 Å². The summed E-state index contributed by atoms with van der Waals surface area (Å²) in [6.45, 7) is 3.38. The predicted molar refractivity (Wildman–Crippen MR) is 128 cm³/mol. The van der Waals surface area contributed by atoms with Gasteiger partial charge < -0.3 is 14.4 Å². The third kappa shape index (κ3) is 4.46. The van der Waals surface area contributed by atoms with E-state index in [1.165, 1.54) is 6.07 Å². The fraction of sp³-hybridized carbons (Fsp3) is 0.462. The zero-order valence-corrected chi connectivity index (χ0v) is 19.7. The average molecular weight is 467 g/mol. The van der Waals surface area contributed by atoms with Crippen molar-refractivity contribution >= 4 is 16.8 Å². The molecule has 2 aliphatic rings. The Morgan fingerprint density at radius 1 is 1.03 bits per heavy atom. The van der Waals surface area contributed by atoms with E-state index in [0.29, 0.717) is 23.2 Å². The molecule has 0 spiro atoms. The molecule has 1 amide bonds. The third-order valence-electron chi connectivity index (χ3n) is 7.10. The number of fused-ring (bicyclic) bond motifs is 1. The quantitative estimate of drug-likeness (QED) is 0.571. The summed E-state index contributed by atoms with van der Waals surface area (Å²) in [7, 11) is 3.46. The van der Waals surface area contributed by atoms with Crippen LogP contribution in [0.5, 0.6) is 11.6 Å². The molecule has 0 bridgehead atoms. The Morgan fingerprint density at radius 2 is 1.76 bits per heavy atom. The van der Waals surface area contributed by atoms with Crippen molar-refractivity contribution in [3.8, 4) is 11.6 Å². The van der Waals surface area contributed by atoms with Crippen LogP contribution < -0.4 is 9.47 Å². The second-order valence-electron chi connectivity index (χ2n) is 9.17. The number of rotatable bonds is 5. The van der Waals surface area contributed by atoms with Crippen LogP contribution in [0.25, 0.3) is 10.9 Å². The molecule has 0 atom stereocenters. The van der Waals surface area contributed by atoms with Gasteiger partial charge in [0.2, 0.25) is 5.88 Å². The van der Waals surface area contributed by atoms with Crippen LogP contribution in [-0.2, 0) is 7.05 Å². The van der Waals surface area contributed by atoms with E-state index < -0.39 is 0 Å². The monoisotopic (exact) mass is 466 g/mol. The number of piperidine rings is 2. The lowest BCUT2D eigenvalue weighted by Gasteiger charge is -2.41. The van der Waals surface area contributed by atoms with Crippen molar-refractivity contribution in [1.82, 2.24) is 19.6 Å². The molecule has 180 valence electrons. The number of para-hydroxylation sites is 1. The van der Waals surface area contributed by atoms with Crippen molar-refractivity contribution in [1.29, 1.82) is 0 Å². The Balaban J connectivity index is 1.14. The van der Waals surface area contributed by atoms with Gasteiger partial charge in [-0.3, -0.25) is 9.69 Å². The van der Waals surface area contributed by atoms with Crippen LogP contribution in [0.1, 0.15) is 36.0 Å². The highest BCUT2D eigenvalue weighted by Gasteiger charge is 2.31. The predicted octanol–water partition coefficient (Wildman–Crippen LogP) is 3.87. The Bertz CT molecular complexity index is 1160. The molecule has 34 heavy (non-hydrogen) atoms. The molecule has 0 radical (unpaired) electrons. The normalized spacial score (nSPS) is 18.4. The summed E-state index contributed by atoms with van der Waals surface area (Å²) in [6, 6.07) is 12.7. The summed E-state index contributed by atoms with van der Waals surface area (Å²) in [5, 5.41) is 5.37. The largest absolute Gasteiger partial charge is 0.487 e. The van der Waals surface area contributed by atoms with Crippen molar-refractivity contribution < 1.29 is 18.7 Å². The summed E-state index contributed by atoms with van der Waals surface area (Å²) < 4.78 is 26.9. The van der Waals surface area contributed by atoms with Crippen molar-refractivity contribution in [2.75, 3.05) is 33.3 Å². The summed E-state index contributed by atoms with van der Waals surface area (Å²) >= 11 is 0. The number of aromatic nitrogens is 2. The lowest BCUT2D eigenvalue weighted by atomic mass is 9.98. The molecule has 7 nitrogen and oxygen atoms in total. The standard InChI is InChI=1S/C26H31FN4O3/c1-29-26(33-2)21-8-7-18(17-23(21)28-29)25(32)31-13-9-19(10-14-31)30-15-11-20(12-16-30)34-24-6-4-3-5-22(24)27/h3-8,17,19-20H,9-16H2,1-2H3. The third-order valence-corrected chi connectivity index (χ3v) is 7.10. The average Bonchev–Trinajstić information content (AvgIpc) is 3.19. The number of hydrogen-bond donors (Lipinski definition) is 0. The van der Waals surface area contributed by atoms with Crippen LogP contribution in [0.2, 0.25) is 0 Å². The molecule has 0 saturated carbocycles. The molecule has 2 saturated heterocycles. The van der Waals surface area contributed by atoms with Gasteiger partial charge in [0, 0.05) is 44.8 Å². The summed E-state index contributed by atoms with van der Waals surface area (Å²) in [5.74, 6) is 0.790. The molecule has 1 aromatic heterocycles. The molecule has 2 fully saturated rings. The first kappa shape index (κ1) is 22.7. The van der Waals surface area contributed by atoms with Crippen molar-refractivity contribution in [2.24, 2.45) is 7.05 Å². The Hall–Kier alpha value is -3.13. The minimum atomic E-state index is -0.302. The van der Waals surface area contributed by atoms with Gasteiger partial charge in [0.05, 0.1) is 18.0 Å². The van der Waals surface area contributed by atoms with Gasteiger partial charge in [-0.25, -0.2) is 9.07 Å².